The van der Waals surface area contributed by atoms with Crippen molar-refractivity contribution in [2.24, 2.45) is 0 Å². The van der Waals surface area contributed by atoms with E-state index in [1.807, 2.05) is 13.0 Å². The van der Waals surface area contributed by atoms with Crippen molar-refractivity contribution in [2.45, 2.75) is 32.4 Å². The third-order valence-corrected chi connectivity index (χ3v) is 3.13. The first kappa shape index (κ1) is 11.9. The molecule has 0 spiro atoms. The Labute approximate surface area is 99.9 Å². The molecule has 0 aromatic heterocycles. The van der Waals surface area contributed by atoms with Crippen molar-refractivity contribution in [3.63, 3.8) is 0 Å². The fraction of sp³-hybridized carbons (Fsp3) is 0.500. The topological polar surface area (TPSA) is 64.4 Å². The maximum Gasteiger partial charge on any atom is 0.274 e. The van der Waals surface area contributed by atoms with Crippen LogP contribution in [0.4, 0.5) is 11.4 Å². The van der Waals surface area contributed by atoms with Crippen molar-refractivity contribution in [1.29, 1.82) is 0 Å². The molecule has 1 aliphatic rings. The number of hydrogen-bond acceptors (Lipinski definition) is 4. The minimum absolute atomic E-state index is 0.148. The lowest BCUT2D eigenvalue weighted by Gasteiger charge is -2.17. The van der Waals surface area contributed by atoms with Crippen LogP contribution in [0.1, 0.15) is 18.9 Å². The lowest BCUT2D eigenvalue weighted by molar-refractivity contribution is -0.385. The van der Waals surface area contributed by atoms with Gasteiger partial charge in [0.25, 0.3) is 5.69 Å². The maximum absolute atomic E-state index is 10.8. The van der Waals surface area contributed by atoms with Gasteiger partial charge in [-0.2, -0.15) is 0 Å². The van der Waals surface area contributed by atoms with E-state index < -0.39 is 0 Å². The quantitative estimate of drug-likeness (QED) is 0.647. The van der Waals surface area contributed by atoms with Gasteiger partial charge in [0.1, 0.15) is 0 Å². The largest absolute Gasteiger partial charge is 0.379 e. The zero-order valence-electron chi connectivity index (χ0n) is 9.97. The minimum Gasteiger partial charge on any atom is -0.379 e. The van der Waals surface area contributed by atoms with E-state index in [-0.39, 0.29) is 22.8 Å². The molecule has 1 aromatic rings. The van der Waals surface area contributed by atoms with Crippen LogP contribution in [0, 0.1) is 17.0 Å². The van der Waals surface area contributed by atoms with E-state index in [1.165, 1.54) is 0 Å². The van der Waals surface area contributed by atoms with E-state index in [9.17, 15) is 10.1 Å². The fourth-order valence-electron chi connectivity index (χ4n) is 2.03. The summed E-state index contributed by atoms with van der Waals surface area (Å²) in [6.07, 6.45) is 1.08. The number of nitro groups is 1. The molecule has 1 aromatic carbocycles. The molecule has 0 amide bonds. The van der Waals surface area contributed by atoms with Crippen LogP contribution >= 0.6 is 0 Å². The van der Waals surface area contributed by atoms with Crippen molar-refractivity contribution < 1.29 is 9.66 Å². The summed E-state index contributed by atoms with van der Waals surface area (Å²) in [6, 6.07) is 5.45. The Morgan fingerprint density at radius 2 is 2.29 bits per heavy atom. The summed E-state index contributed by atoms with van der Waals surface area (Å²) >= 11 is 0. The second-order valence-corrected chi connectivity index (χ2v) is 4.37. The highest BCUT2D eigenvalue weighted by atomic mass is 16.6. The molecule has 2 atom stereocenters. The summed E-state index contributed by atoms with van der Waals surface area (Å²) in [4.78, 5) is 10.5. The van der Waals surface area contributed by atoms with Crippen LogP contribution < -0.4 is 5.32 Å². The Bertz CT molecular complexity index is 434. The van der Waals surface area contributed by atoms with Gasteiger partial charge in [0, 0.05) is 23.9 Å². The number of nitrogens with zero attached hydrogens (tertiary/aromatic N) is 1. The smallest absolute Gasteiger partial charge is 0.274 e. The number of hydrogen-bond donors (Lipinski definition) is 1. The third kappa shape index (κ3) is 2.55. The summed E-state index contributed by atoms with van der Waals surface area (Å²) in [7, 11) is 0. The molecule has 1 saturated heterocycles. The molecule has 0 saturated carbocycles. The summed E-state index contributed by atoms with van der Waals surface area (Å²) < 4.78 is 5.44. The molecule has 0 aliphatic carbocycles. The minimum atomic E-state index is -0.352. The van der Waals surface area contributed by atoms with Crippen LogP contribution in [0.3, 0.4) is 0 Å². The highest BCUT2D eigenvalue weighted by molar-refractivity contribution is 5.55. The Morgan fingerprint density at radius 3 is 2.88 bits per heavy atom. The van der Waals surface area contributed by atoms with Gasteiger partial charge in [-0.05, 0) is 26.3 Å². The highest BCUT2D eigenvalue weighted by Crippen LogP contribution is 2.25. The molecule has 0 bridgehead atoms. The standard InChI is InChI=1S/C12H16N2O3/c1-8-3-4-10(7-12(8)14(15)16)13-11-5-6-17-9(11)2/h3-4,7,9,11,13H,5-6H2,1-2H3. The van der Waals surface area contributed by atoms with Crippen LogP contribution in [-0.2, 0) is 4.74 Å². The zero-order valence-corrected chi connectivity index (χ0v) is 9.97. The monoisotopic (exact) mass is 236 g/mol. The molecule has 0 radical (unpaired) electrons. The molecule has 1 N–H and O–H groups in total. The number of nitro benzene ring substituents is 1. The third-order valence-electron chi connectivity index (χ3n) is 3.13. The van der Waals surface area contributed by atoms with Gasteiger partial charge in [0.2, 0.25) is 0 Å². The molecule has 92 valence electrons. The number of nitrogens with one attached hydrogen (secondary N) is 1. The van der Waals surface area contributed by atoms with E-state index in [2.05, 4.69) is 5.32 Å². The van der Waals surface area contributed by atoms with E-state index in [0.29, 0.717) is 5.56 Å². The average Bonchev–Trinajstić information content (AvgIpc) is 2.67. The van der Waals surface area contributed by atoms with Gasteiger partial charge in [-0.1, -0.05) is 6.07 Å². The molecular formula is C12H16N2O3. The first-order valence-electron chi connectivity index (χ1n) is 5.71. The van der Waals surface area contributed by atoms with Gasteiger partial charge < -0.3 is 10.1 Å². The van der Waals surface area contributed by atoms with Gasteiger partial charge in [0.05, 0.1) is 17.1 Å². The summed E-state index contributed by atoms with van der Waals surface area (Å²) in [6.45, 7) is 4.49. The molecule has 1 heterocycles. The van der Waals surface area contributed by atoms with E-state index in [1.54, 1.807) is 19.1 Å². The molecule has 17 heavy (non-hydrogen) atoms. The molecule has 5 nitrogen and oxygen atoms in total. The average molecular weight is 236 g/mol. The van der Waals surface area contributed by atoms with Crippen molar-refractivity contribution in [1.82, 2.24) is 0 Å². The van der Waals surface area contributed by atoms with Crippen LogP contribution in [0.2, 0.25) is 0 Å². The van der Waals surface area contributed by atoms with Crippen molar-refractivity contribution in [3.05, 3.63) is 33.9 Å². The second kappa shape index (κ2) is 4.71. The Hall–Kier alpha value is -1.62. The molecule has 1 aliphatic heterocycles. The normalized spacial score (nSPS) is 23.6. The van der Waals surface area contributed by atoms with Crippen molar-refractivity contribution in [2.75, 3.05) is 11.9 Å². The Kier molecular flexibility index (Phi) is 3.28. The van der Waals surface area contributed by atoms with Crippen LogP contribution in [0.25, 0.3) is 0 Å². The predicted molar refractivity (Wildman–Crippen MR) is 65.3 cm³/mol. The van der Waals surface area contributed by atoms with Gasteiger partial charge in [-0.15, -0.1) is 0 Å². The number of anilines is 1. The molecule has 5 heteroatoms. The van der Waals surface area contributed by atoms with Crippen LogP contribution in [0.5, 0.6) is 0 Å². The fourth-order valence-corrected chi connectivity index (χ4v) is 2.03. The number of rotatable bonds is 3. The Balaban J connectivity index is 2.16. The summed E-state index contributed by atoms with van der Waals surface area (Å²) in [5, 5.41) is 14.1. The van der Waals surface area contributed by atoms with Crippen LogP contribution in [-0.4, -0.2) is 23.7 Å². The number of ether oxygens (including phenoxy) is 1. The lowest BCUT2D eigenvalue weighted by atomic mass is 10.1. The van der Waals surface area contributed by atoms with E-state index >= 15 is 0 Å². The lowest BCUT2D eigenvalue weighted by Crippen LogP contribution is -2.26. The highest BCUT2D eigenvalue weighted by Gasteiger charge is 2.24. The molecule has 1 fully saturated rings. The summed E-state index contributed by atoms with van der Waals surface area (Å²) in [5.74, 6) is 0. The second-order valence-electron chi connectivity index (χ2n) is 4.37. The Morgan fingerprint density at radius 1 is 1.53 bits per heavy atom. The van der Waals surface area contributed by atoms with Gasteiger partial charge >= 0.3 is 0 Å². The SMILES string of the molecule is Cc1ccc(NC2CCOC2C)cc1[N+](=O)[O-]. The maximum atomic E-state index is 10.8. The molecular weight excluding hydrogens is 220 g/mol. The number of aryl methyl sites for hydroxylation is 1. The predicted octanol–water partition coefficient (Wildman–Crippen LogP) is 2.49. The van der Waals surface area contributed by atoms with Crippen molar-refractivity contribution in [3.8, 4) is 0 Å². The van der Waals surface area contributed by atoms with Crippen molar-refractivity contribution >= 4 is 11.4 Å². The van der Waals surface area contributed by atoms with Gasteiger partial charge in [-0.3, -0.25) is 10.1 Å². The van der Waals surface area contributed by atoms with Gasteiger partial charge in [0.15, 0.2) is 0 Å². The zero-order chi connectivity index (χ0) is 12.4. The van der Waals surface area contributed by atoms with Crippen LogP contribution in [0.15, 0.2) is 18.2 Å². The van der Waals surface area contributed by atoms with E-state index in [4.69, 9.17) is 4.74 Å². The first-order chi connectivity index (χ1) is 8.08. The first-order valence-corrected chi connectivity index (χ1v) is 5.71. The molecule has 2 unspecified atom stereocenters. The molecule has 2 rings (SSSR count). The summed E-state index contributed by atoms with van der Waals surface area (Å²) in [5.41, 5.74) is 1.61. The van der Waals surface area contributed by atoms with Gasteiger partial charge in [-0.25, -0.2) is 0 Å². The number of benzene rings is 1. The van der Waals surface area contributed by atoms with E-state index in [0.717, 1.165) is 18.7 Å².